The summed E-state index contributed by atoms with van der Waals surface area (Å²) in [5.74, 6) is 0.0310. The number of anilines is 1. The molecule has 26 heavy (non-hydrogen) atoms. The monoisotopic (exact) mass is 389 g/mol. The molecular weight excluding hydrogens is 374 g/mol. The lowest BCUT2D eigenvalue weighted by Crippen LogP contribution is -2.15. The van der Waals surface area contributed by atoms with Gasteiger partial charge in [0, 0.05) is 5.56 Å². The minimum Gasteiger partial charge on any atom is -0.497 e. The van der Waals surface area contributed by atoms with E-state index in [1.165, 1.54) is 23.1 Å². The molecule has 0 unspecified atom stereocenters. The number of methoxy groups -OCH3 is 1. The van der Waals surface area contributed by atoms with Gasteiger partial charge in [-0.15, -0.1) is 10.2 Å². The molecule has 134 valence electrons. The highest BCUT2D eigenvalue weighted by Crippen LogP contribution is 2.24. The lowest BCUT2D eigenvalue weighted by atomic mass is 10.0. The number of benzene rings is 2. The number of rotatable bonds is 7. The molecule has 9 heteroatoms. The van der Waals surface area contributed by atoms with Crippen molar-refractivity contribution in [1.29, 1.82) is 0 Å². The molecule has 0 aliphatic rings. The molecule has 2 N–H and O–H groups in total. The number of hydrogen-bond acceptors (Lipinski definition) is 9. The molecule has 0 spiro atoms. The number of nitrogens with two attached hydrogens (primary N) is 1. The zero-order valence-corrected chi connectivity index (χ0v) is 15.4. The number of thioether (sulfide) groups is 1. The van der Waals surface area contributed by atoms with E-state index in [1.807, 2.05) is 24.3 Å². The first-order valence-corrected chi connectivity index (χ1v) is 9.34. The van der Waals surface area contributed by atoms with Crippen molar-refractivity contribution >= 4 is 50.8 Å². The molecule has 0 saturated carbocycles. The molecule has 1 heterocycles. The molecule has 0 amide bonds. The molecule has 0 bridgehead atoms. The number of Topliss-reactive ketones (excluding diaryl/α,β-unsaturated/α-hetero) is 1. The lowest BCUT2D eigenvalue weighted by molar-refractivity contribution is -0.139. The molecule has 0 radical (unpaired) electrons. The van der Waals surface area contributed by atoms with Gasteiger partial charge in [0.25, 0.3) is 0 Å². The van der Waals surface area contributed by atoms with Gasteiger partial charge in [-0.3, -0.25) is 9.59 Å². The van der Waals surface area contributed by atoms with E-state index in [-0.39, 0.29) is 18.1 Å². The number of ketones is 1. The van der Waals surface area contributed by atoms with Gasteiger partial charge in [-0.25, -0.2) is 0 Å². The van der Waals surface area contributed by atoms with E-state index in [0.717, 1.165) is 16.5 Å². The van der Waals surface area contributed by atoms with Crippen molar-refractivity contribution in [2.24, 2.45) is 0 Å². The summed E-state index contributed by atoms with van der Waals surface area (Å²) in [6.45, 7) is -0.306. The van der Waals surface area contributed by atoms with Crippen LogP contribution < -0.4 is 10.5 Å². The normalized spacial score (nSPS) is 10.7. The fourth-order valence-electron chi connectivity index (χ4n) is 2.19. The largest absolute Gasteiger partial charge is 0.497 e. The Morgan fingerprint density at radius 3 is 2.65 bits per heavy atom. The zero-order valence-electron chi connectivity index (χ0n) is 13.8. The number of esters is 1. The van der Waals surface area contributed by atoms with Crippen LogP contribution in [0.3, 0.4) is 0 Å². The van der Waals surface area contributed by atoms with Crippen LogP contribution in [0.25, 0.3) is 10.8 Å². The van der Waals surface area contributed by atoms with Crippen molar-refractivity contribution in [1.82, 2.24) is 10.2 Å². The number of nitrogen functional groups attached to an aromatic ring is 1. The summed E-state index contributed by atoms with van der Waals surface area (Å²) in [5.41, 5.74) is 5.95. The molecule has 0 fully saturated rings. The molecule has 7 nitrogen and oxygen atoms in total. The first kappa shape index (κ1) is 18.2. The van der Waals surface area contributed by atoms with Crippen molar-refractivity contribution in [2.75, 3.05) is 25.2 Å². The molecule has 0 saturated heterocycles. The Balaban J connectivity index is 1.55. The Hall–Kier alpha value is -2.65. The molecule has 0 aliphatic heterocycles. The maximum absolute atomic E-state index is 12.2. The van der Waals surface area contributed by atoms with E-state index in [4.69, 9.17) is 15.2 Å². The van der Waals surface area contributed by atoms with Crippen molar-refractivity contribution in [2.45, 2.75) is 4.34 Å². The van der Waals surface area contributed by atoms with Gasteiger partial charge in [0.2, 0.25) is 5.13 Å². The molecule has 0 aliphatic carbocycles. The maximum Gasteiger partial charge on any atom is 0.316 e. The van der Waals surface area contributed by atoms with Gasteiger partial charge in [-0.05, 0) is 29.0 Å². The second-order valence-corrected chi connectivity index (χ2v) is 7.44. The second-order valence-electron chi connectivity index (χ2n) is 5.21. The van der Waals surface area contributed by atoms with Crippen molar-refractivity contribution < 1.29 is 19.1 Å². The van der Waals surface area contributed by atoms with Crippen LogP contribution in [0.5, 0.6) is 5.75 Å². The van der Waals surface area contributed by atoms with E-state index in [9.17, 15) is 9.59 Å². The smallest absolute Gasteiger partial charge is 0.316 e. The second kappa shape index (κ2) is 8.15. The molecule has 1 aromatic heterocycles. The van der Waals surface area contributed by atoms with Crippen LogP contribution in [0.15, 0.2) is 40.7 Å². The summed E-state index contributed by atoms with van der Waals surface area (Å²) >= 11 is 2.36. The number of hydrogen-bond donors (Lipinski definition) is 1. The summed E-state index contributed by atoms with van der Waals surface area (Å²) < 4.78 is 10.8. The van der Waals surface area contributed by atoms with E-state index in [2.05, 4.69) is 10.2 Å². The molecule has 2 aromatic carbocycles. The number of nitrogens with zero attached hydrogens (tertiary/aromatic N) is 2. The van der Waals surface area contributed by atoms with Gasteiger partial charge in [0.1, 0.15) is 5.75 Å². The van der Waals surface area contributed by atoms with Crippen molar-refractivity contribution in [3.8, 4) is 5.75 Å². The van der Waals surface area contributed by atoms with Gasteiger partial charge in [-0.2, -0.15) is 0 Å². The molecule has 0 atom stereocenters. The minimum atomic E-state index is -0.498. The minimum absolute atomic E-state index is 0.0411. The number of aromatic nitrogens is 2. The Morgan fingerprint density at radius 1 is 1.15 bits per heavy atom. The van der Waals surface area contributed by atoms with Gasteiger partial charge in [0.15, 0.2) is 16.7 Å². The number of carbonyl (C=O) groups excluding carboxylic acids is 2. The topological polar surface area (TPSA) is 104 Å². The summed E-state index contributed by atoms with van der Waals surface area (Å²) in [5, 5.41) is 9.66. The number of fused-ring (bicyclic) bond motifs is 1. The van der Waals surface area contributed by atoms with Gasteiger partial charge < -0.3 is 15.2 Å². The van der Waals surface area contributed by atoms with E-state index in [0.29, 0.717) is 15.0 Å². The SMILES string of the molecule is COc1ccc2cc(C(=O)COC(=O)CSc3nnc(N)s3)ccc2c1. The zero-order chi connectivity index (χ0) is 18.5. The highest BCUT2D eigenvalue weighted by Gasteiger charge is 2.12. The quantitative estimate of drug-likeness (QED) is 0.374. The highest BCUT2D eigenvalue weighted by molar-refractivity contribution is 8.01. The van der Waals surface area contributed by atoms with Crippen molar-refractivity contribution in [3.05, 3.63) is 42.0 Å². The molecule has 3 rings (SSSR count). The predicted octanol–water partition coefficient (Wildman–Crippen LogP) is 2.80. The molecule has 3 aromatic rings. The standard InChI is InChI=1S/C17H15N3O4S2/c1-23-13-5-4-10-6-12(3-2-11(10)7-13)14(21)8-24-15(22)9-25-17-20-19-16(18)26-17/h2-7H,8-9H2,1H3,(H2,18,19). The number of carbonyl (C=O) groups is 2. The Morgan fingerprint density at radius 2 is 1.92 bits per heavy atom. The summed E-state index contributed by atoms with van der Waals surface area (Å²) in [7, 11) is 1.60. The summed E-state index contributed by atoms with van der Waals surface area (Å²) in [6, 6.07) is 10.9. The third kappa shape index (κ3) is 4.50. The first-order valence-electron chi connectivity index (χ1n) is 7.53. The Kier molecular flexibility index (Phi) is 5.69. The fourth-order valence-corrected chi connectivity index (χ4v) is 3.63. The third-order valence-corrected chi connectivity index (χ3v) is 5.33. The van der Waals surface area contributed by atoms with Crippen LogP contribution in [-0.4, -0.2) is 41.4 Å². The summed E-state index contributed by atoms with van der Waals surface area (Å²) in [6.07, 6.45) is 0. The van der Waals surface area contributed by atoms with Crippen LogP contribution in [0.1, 0.15) is 10.4 Å². The fraction of sp³-hybridized carbons (Fsp3) is 0.176. The number of ether oxygens (including phenoxy) is 2. The van der Waals surface area contributed by atoms with Crippen LogP contribution in [0, 0.1) is 0 Å². The van der Waals surface area contributed by atoms with Gasteiger partial charge in [0.05, 0.1) is 12.9 Å². The maximum atomic E-state index is 12.2. The van der Waals surface area contributed by atoms with Crippen LogP contribution in [-0.2, 0) is 9.53 Å². The van der Waals surface area contributed by atoms with Crippen LogP contribution >= 0.6 is 23.1 Å². The lowest BCUT2D eigenvalue weighted by Gasteiger charge is -2.06. The van der Waals surface area contributed by atoms with Crippen molar-refractivity contribution in [3.63, 3.8) is 0 Å². The molecular formula is C17H15N3O4S2. The average Bonchev–Trinajstić information content (AvgIpc) is 3.08. The Bertz CT molecular complexity index is 958. The average molecular weight is 389 g/mol. The van der Waals surface area contributed by atoms with Gasteiger partial charge in [-0.1, -0.05) is 41.3 Å². The van der Waals surface area contributed by atoms with Crippen LogP contribution in [0.2, 0.25) is 0 Å². The van der Waals surface area contributed by atoms with E-state index < -0.39 is 5.97 Å². The van der Waals surface area contributed by atoms with Gasteiger partial charge >= 0.3 is 5.97 Å². The predicted molar refractivity (Wildman–Crippen MR) is 101 cm³/mol. The first-order chi connectivity index (χ1) is 12.5. The van der Waals surface area contributed by atoms with E-state index in [1.54, 1.807) is 19.2 Å². The summed E-state index contributed by atoms with van der Waals surface area (Å²) in [4.78, 5) is 24.0. The third-order valence-electron chi connectivity index (χ3n) is 3.47. The Labute approximate surface area is 157 Å². The highest BCUT2D eigenvalue weighted by atomic mass is 32.2. The van der Waals surface area contributed by atoms with E-state index >= 15 is 0 Å². The van der Waals surface area contributed by atoms with Crippen LogP contribution in [0.4, 0.5) is 5.13 Å².